The Morgan fingerprint density at radius 2 is 1.65 bits per heavy atom. The quantitative estimate of drug-likeness (QED) is 0.620. The van der Waals surface area contributed by atoms with Gasteiger partial charge in [0.1, 0.15) is 5.82 Å². The molecule has 0 fully saturated rings. The van der Waals surface area contributed by atoms with Crippen molar-refractivity contribution in [1.82, 2.24) is 0 Å². The molecule has 0 atom stereocenters. The minimum absolute atomic E-state index is 0.0416. The number of hydrogen-bond donors (Lipinski definition) is 0. The van der Waals surface area contributed by atoms with E-state index in [-0.39, 0.29) is 5.56 Å². The number of ether oxygens (including phenoxy) is 2. The van der Waals surface area contributed by atoms with Crippen LogP contribution in [0.3, 0.4) is 0 Å². The van der Waals surface area contributed by atoms with E-state index in [4.69, 9.17) is 9.47 Å². The molecule has 0 radical (unpaired) electrons. The summed E-state index contributed by atoms with van der Waals surface area (Å²) >= 11 is 0. The van der Waals surface area contributed by atoms with Crippen molar-refractivity contribution in [3.05, 3.63) is 59.9 Å². The molecule has 2 rings (SSSR count). The van der Waals surface area contributed by atoms with Crippen molar-refractivity contribution in [2.45, 2.75) is 6.29 Å². The third-order valence-corrected chi connectivity index (χ3v) is 2.99. The van der Waals surface area contributed by atoms with E-state index in [1.165, 1.54) is 20.3 Å². The lowest BCUT2D eigenvalue weighted by molar-refractivity contribution is -0.0743. The molecule has 0 aliphatic heterocycles. The summed E-state index contributed by atoms with van der Waals surface area (Å²) < 4.78 is 24.3. The van der Waals surface area contributed by atoms with Gasteiger partial charge in [-0.2, -0.15) is 0 Å². The predicted molar refractivity (Wildman–Crippen MR) is 74.0 cm³/mol. The molecule has 2 aromatic carbocycles. The molecule has 0 amide bonds. The third kappa shape index (κ3) is 2.76. The fourth-order valence-corrected chi connectivity index (χ4v) is 2.00. The van der Waals surface area contributed by atoms with E-state index in [2.05, 4.69) is 0 Å². The Bertz CT molecular complexity index is 592. The van der Waals surface area contributed by atoms with Gasteiger partial charge in [-0.1, -0.05) is 42.5 Å². The molecule has 0 aromatic heterocycles. The van der Waals surface area contributed by atoms with Crippen LogP contribution in [0, 0.1) is 5.82 Å². The highest BCUT2D eigenvalue weighted by atomic mass is 19.1. The Hall–Kier alpha value is -2.04. The minimum Gasteiger partial charge on any atom is -0.349 e. The molecule has 0 spiro atoms. The second-order valence-electron chi connectivity index (χ2n) is 4.20. The average molecular weight is 274 g/mol. The number of rotatable bonds is 5. The molecule has 0 saturated carbocycles. The molecule has 3 nitrogen and oxygen atoms in total. The lowest BCUT2D eigenvalue weighted by Gasteiger charge is -2.13. The Kier molecular flexibility index (Phi) is 4.61. The molecule has 0 heterocycles. The Labute approximate surface area is 117 Å². The van der Waals surface area contributed by atoms with Crippen molar-refractivity contribution in [3.8, 4) is 11.1 Å². The van der Waals surface area contributed by atoms with Gasteiger partial charge < -0.3 is 9.47 Å². The van der Waals surface area contributed by atoms with Crippen LogP contribution in [0.1, 0.15) is 10.4 Å². The zero-order valence-electron chi connectivity index (χ0n) is 11.3. The molecule has 0 N–H and O–H groups in total. The largest absolute Gasteiger partial charge is 0.349 e. The van der Waals surface area contributed by atoms with Crippen molar-refractivity contribution in [3.63, 3.8) is 0 Å². The average Bonchev–Trinajstić information content (AvgIpc) is 2.49. The molecule has 104 valence electrons. The summed E-state index contributed by atoms with van der Waals surface area (Å²) in [6.07, 6.45) is -1.10. The third-order valence-electron chi connectivity index (χ3n) is 2.99. The number of ketones is 1. The molecule has 0 saturated heterocycles. The first-order valence-electron chi connectivity index (χ1n) is 6.12. The van der Waals surface area contributed by atoms with Crippen LogP contribution >= 0.6 is 0 Å². The number of carbonyl (C=O) groups is 1. The number of halogens is 1. The first kappa shape index (κ1) is 14.4. The summed E-state index contributed by atoms with van der Waals surface area (Å²) in [4.78, 5) is 12.1. The highest BCUT2D eigenvalue weighted by Gasteiger charge is 2.23. The van der Waals surface area contributed by atoms with Crippen LogP contribution in [-0.4, -0.2) is 26.3 Å². The van der Waals surface area contributed by atoms with Crippen molar-refractivity contribution in [2.75, 3.05) is 14.2 Å². The van der Waals surface area contributed by atoms with Crippen LogP contribution in [0.5, 0.6) is 0 Å². The maximum absolute atomic E-state index is 14.5. The summed E-state index contributed by atoms with van der Waals surface area (Å²) in [5.74, 6) is -1.10. The van der Waals surface area contributed by atoms with E-state index in [0.29, 0.717) is 11.1 Å². The maximum Gasteiger partial charge on any atom is 0.222 e. The van der Waals surface area contributed by atoms with Crippen LogP contribution in [0.25, 0.3) is 11.1 Å². The molecule has 20 heavy (non-hydrogen) atoms. The summed E-state index contributed by atoms with van der Waals surface area (Å²) in [5.41, 5.74) is 1.05. The number of hydrogen-bond acceptors (Lipinski definition) is 3. The van der Waals surface area contributed by atoms with Gasteiger partial charge in [-0.05, 0) is 11.6 Å². The van der Waals surface area contributed by atoms with Crippen LogP contribution in [0.15, 0.2) is 48.5 Å². The van der Waals surface area contributed by atoms with Crippen molar-refractivity contribution in [1.29, 1.82) is 0 Å². The second-order valence-corrected chi connectivity index (χ2v) is 4.20. The molecular formula is C16H15FO3. The number of methoxy groups -OCH3 is 2. The Morgan fingerprint density at radius 3 is 2.25 bits per heavy atom. The van der Waals surface area contributed by atoms with Crippen LogP contribution < -0.4 is 0 Å². The monoisotopic (exact) mass is 274 g/mol. The van der Waals surface area contributed by atoms with Crippen molar-refractivity contribution < 1.29 is 18.7 Å². The fourth-order valence-electron chi connectivity index (χ4n) is 2.00. The van der Waals surface area contributed by atoms with Gasteiger partial charge in [0.25, 0.3) is 0 Å². The summed E-state index contributed by atoms with van der Waals surface area (Å²) in [6.45, 7) is 0. The number of benzene rings is 2. The summed E-state index contributed by atoms with van der Waals surface area (Å²) in [6, 6.07) is 13.8. The molecule has 0 aliphatic carbocycles. The summed E-state index contributed by atoms with van der Waals surface area (Å²) in [7, 11) is 2.68. The van der Waals surface area contributed by atoms with E-state index in [1.54, 1.807) is 24.3 Å². The first-order valence-corrected chi connectivity index (χ1v) is 6.12. The summed E-state index contributed by atoms with van der Waals surface area (Å²) in [5, 5.41) is 0. The molecule has 4 heteroatoms. The first-order chi connectivity index (χ1) is 9.69. The van der Waals surface area contributed by atoms with E-state index in [1.807, 2.05) is 18.2 Å². The van der Waals surface area contributed by atoms with Gasteiger partial charge in [0.2, 0.25) is 12.1 Å². The molecule has 0 aliphatic rings. The number of Topliss-reactive ketones (excluding diaryl/α,β-unsaturated/α-hetero) is 1. The second kappa shape index (κ2) is 6.41. The maximum atomic E-state index is 14.5. The molecule has 0 bridgehead atoms. The molecular weight excluding hydrogens is 259 g/mol. The zero-order chi connectivity index (χ0) is 14.5. The van der Waals surface area contributed by atoms with Crippen molar-refractivity contribution in [2.24, 2.45) is 0 Å². The normalized spacial score (nSPS) is 10.8. The van der Waals surface area contributed by atoms with Gasteiger partial charge in [0.05, 0.1) is 5.56 Å². The van der Waals surface area contributed by atoms with Gasteiger partial charge in [-0.25, -0.2) is 4.39 Å². The van der Waals surface area contributed by atoms with E-state index >= 15 is 0 Å². The van der Waals surface area contributed by atoms with Gasteiger partial charge in [-0.3, -0.25) is 4.79 Å². The zero-order valence-corrected chi connectivity index (χ0v) is 11.3. The van der Waals surface area contributed by atoms with Gasteiger partial charge >= 0.3 is 0 Å². The van der Waals surface area contributed by atoms with Gasteiger partial charge in [0, 0.05) is 19.8 Å². The fraction of sp³-hybridized carbons (Fsp3) is 0.188. The highest BCUT2D eigenvalue weighted by Crippen LogP contribution is 2.25. The smallest absolute Gasteiger partial charge is 0.222 e. The van der Waals surface area contributed by atoms with Crippen molar-refractivity contribution >= 4 is 5.78 Å². The van der Waals surface area contributed by atoms with Gasteiger partial charge in [0.15, 0.2) is 0 Å². The standard InChI is InChI=1S/C16H15FO3/c1-19-16(20-2)15(18)13-10-6-9-12(14(13)17)11-7-4-3-5-8-11/h3-10,16H,1-2H3. The topological polar surface area (TPSA) is 35.5 Å². The van der Waals surface area contributed by atoms with E-state index in [0.717, 1.165) is 0 Å². The SMILES string of the molecule is COC(OC)C(=O)c1cccc(-c2ccccc2)c1F. The van der Waals surface area contributed by atoms with Crippen LogP contribution in [0.4, 0.5) is 4.39 Å². The molecule has 0 unspecified atom stereocenters. The minimum atomic E-state index is -1.10. The van der Waals surface area contributed by atoms with Crippen LogP contribution in [-0.2, 0) is 9.47 Å². The lowest BCUT2D eigenvalue weighted by atomic mass is 10.00. The van der Waals surface area contributed by atoms with Crippen LogP contribution in [0.2, 0.25) is 0 Å². The Balaban J connectivity index is 2.45. The van der Waals surface area contributed by atoms with Gasteiger partial charge in [-0.15, -0.1) is 0 Å². The van der Waals surface area contributed by atoms with E-state index in [9.17, 15) is 9.18 Å². The Morgan fingerprint density at radius 1 is 1.00 bits per heavy atom. The predicted octanol–water partition coefficient (Wildman–Crippen LogP) is 3.29. The van der Waals surface area contributed by atoms with E-state index < -0.39 is 17.9 Å². The highest BCUT2D eigenvalue weighted by molar-refractivity contribution is 6.00. The number of carbonyl (C=O) groups excluding carboxylic acids is 1. The lowest BCUT2D eigenvalue weighted by Crippen LogP contribution is -2.25. The molecule has 2 aromatic rings.